The fourth-order valence-electron chi connectivity index (χ4n) is 2.54. The van der Waals surface area contributed by atoms with E-state index in [4.69, 9.17) is 26.2 Å². The van der Waals surface area contributed by atoms with Gasteiger partial charge in [0.1, 0.15) is 0 Å². The van der Waals surface area contributed by atoms with Gasteiger partial charge in [-0.3, -0.25) is 4.79 Å². The summed E-state index contributed by atoms with van der Waals surface area (Å²) in [4.78, 5) is 38.3. The van der Waals surface area contributed by atoms with Crippen LogP contribution in [0.3, 0.4) is 0 Å². The molecule has 0 fully saturated rings. The number of fused-ring (bicyclic) bond motifs is 1. The second-order valence-electron chi connectivity index (χ2n) is 5.97. The van der Waals surface area contributed by atoms with Crippen molar-refractivity contribution in [3.63, 3.8) is 0 Å². The standard InChI is InChI=1S/C19H16ClN3O6/c1-10(18(25)26)29-16-13(20)7-11(8-15(16)28-2)9-21-23-17(24)12-5-3-4-6-14(12)22-19(23)27/h3-10H,1-2H3,(H,22,27)(H,25,26)/t10-/m1/s1. The smallest absolute Gasteiger partial charge is 0.349 e. The molecule has 0 saturated heterocycles. The van der Waals surface area contributed by atoms with Crippen molar-refractivity contribution in [1.82, 2.24) is 9.66 Å². The molecule has 29 heavy (non-hydrogen) atoms. The number of carbonyl (C=O) groups is 1. The average Bonchev–Trinajstić information content (AvgIpc) is 2.69. The van der Waals surface area contributed by atoms with Crippen LogP contribution in [-0.2, 0) is 4.79 Å². The molecule has 9 nitrogen and oxygen atoms in total. The third kappa shape index (κ3) is 4.14. The van der Waals surface area contributed by atoms with Gasteiger partial charge in [-0.15, -0.1) is 4.68 Å². The minimum atomic E-state index is -1.16. The molecule has 0 amide bonds. The molecule has 0 aliphatic carbocycles. The molecular weight excluding hydrogens is 402 g/mol. The summed E-state index contributed by atoms with van der Waals surface area (Å²) >= 11 is 6.19. The third-order valence-electron chi connectivity index (χ3n) is 4.00. The van der Waals surface area contributed by atoms with Gasteiger partial charge >= 0.3 is 11.7 Å². The van der Waals surface area contributed by atoms with E-state index in [1.165, 1.54) is 32.4 Å². The van der Waals surface area contributed by atoms with E-state index in [1.54, 1.807) is 24.3 Å². The second-order valence-corrected chi connectivity index (χ2v) is 6.38. The number of para-hydroxylation sites is 1. The lowest BCUT2D eigenvalue weighted by atomic mass is 10.2. The van der Waals surface area contributed by atoms with Gasteiger partial charge in [0.25, 0.3) is 5.56 Å². The number of carboxylic acid groups (broad SMARTS) is 1. The number of aliphatic carboxylic acids is 1. The number of H-pyrrole nitrogens is 1. The Morgan fingerprint density at radius 1 is 1.31 bits per heavy atom. The number of aromatic amines is 1. The molecule has 0 saturated carbocycles. The molecule has 3 aromatic rings. The first-order valence-corrected chi connectivity index (χ1v) is 8.75. The normalized spacial score (nSPS) is 12.2. The van der Waals surface area contributed by atoms with E-state index < -0.39 is 23.3 Å². The predicted octanol–water partition coefficient (Wildman–Crippen LogP) is 2.09. The van der Waals surface area contributed by atoms with E-state index >= 15 is 0 Å². The van der Waals surface area contributed by atoms with Crippen molar-refractivity contribution in [2.45, 2.75) is 13.0 Å². The Morgan fingerprint density at radius 3 is 2.72 bits per heavy atom. The molecule has 1 aromatic heterocycles. The molecule has 0 unspecified atom stereocenters. The molecule has 1 atom stereocenters. The number of ether oxygens (including phenoxy) is 2. The maximum absolute atomic E-state index is 12.5. The van der Waals surface area contributed by atoms with Crippen molar-refractivity contribution >= 4 is 34.7 Å². The van der Waals surface area contributed by atoms with E-state index in [0.717, 1.165) is 0 Å². The summed E-state index contributed by atoms with van der Waals surface area (Å²) in [6, 6.07) is 9.51. The SMILES string of the molecule is COc1cc(C=Nn2c(=O)[nH]c3ccccc3c2=O)cc(Cl)c1O[C@H](C)C(=O)O. The minimum absolute atomic E-state index is 0.0573. The maximum Gasteiger partial charge on any atom is 0.349 e. The van der Waals surface area contributed by atoms with Crippen LogP contribution in [0.2, 0.25) is 5.02 Å². The molecule has 2 N–H and O–H groups in total. The Labute approximate surface area is 168 Å². The molecule has 0 radical (unpaired) electrons. The van der Waals surface area contributed by atoms with Crippen molar-refractivity contribution in [2.75, 3.05) is 7.11 Å². The summed E-state index contributed by atoms with van der Waals surface area (Å²) in [5.74, 6) is -0.933. The zero-order chi connectivity index (χ0) is 21.1. The van der Waals surface area contributed by atoms with Crippen molar-refractivity contribution in [1.29, 1.82) is 0 Å². The number of halogens is 1. The summed E-state index contributed by atoms with van der Waals surface area (Å²) in [5.41, 5.74) is -0.457. The zero-order valence-electron chi connectivity index (χ0n) is 15.4. The van der Waals surface area contributed by atoms with E-state index in [2.05, 4.69) is 10.1 Å². The highest BCUT2D eigenvalue weighted by molar-refractivity contribution is 6.32. The second kappa shape index (κ2) is 8.19. The fraction of sp³-hybridized carbons (Fsp3) is 0.158. The Morgan fingerprint density at radius 2 is 2.03 bits per heavy atom. The van der Waals surface area contributed by atoms with Crippen LogP contribution in [0.5, 0.6) is 11.5 Å². The van der Waals surface area contributed by atoms with E-state index in [0.29, 0.717) is 21.1 Å². The summed E-state index contributed by atoms with van der Waals surface area (Å²) in [7, 11) is 1.36. The predicted molar refractivity (Wildman–Crippen MR) is 108 cm³/mol. The molecule has 0 spiro atoms. The van der Waals surface area contributed by atoms with Gasteiger partial charge in [0, 0.05) is 0 Å². The molecule has 150 valence electrons. The molecule has 3 rings (SSSR count). The van der Waals surface area contributed by atoms with Gasteiger partial charge in [-0.25, -0.2) is 9.59 Å². The number of carboxylic acids is 1. The van der Waals surface area contributed by atoms with Gasteiger partial charge in [-0.05, 0) is 36.8 Å². The molecule has 1 heterocycles. The van der Waals surface area contributed by atoms with Crippen LogP contribution in [0, 0.1) is 0 Å². The summed E-state index contributed by atoms with van der Waals surface area (Å²) in [6.45, 7) is 1.35. The molecule has 0 bridgehead atoms. The molecule has 2 aromatic carbocycles. The van der Waals surface area contributed by atoms with Crippen LogP contribution in [0.4, 0.5) is 0 Å². The van der Waals surface area contributed by atoms with Gasteiger partial charge in [-0.2, -0.15) is 5.10 Å². The summed E-state index contributed by atoms with van der Waals surface area (Å²) in [6.07, 6.45) is 0.111. The van der Waals surface area contributed by atoms with Crippen LogP contribution in [0.15, 0.2) is 51.1 Å². The first-order valence-electron chi connectivity index (χ1n) is 8.37. The van der Waals surface area contributed by atoms with E-state index in [-0.39, 0.29) is 16.5 Å². The van der Waals surface area contributed by atoms with Gasteiger partial charge in [0.2, 0.25) is 0 Å². The first kappa shape index (κ1) is 20.2. The number of nitrogens with zero attached hydrogens (tertiary/aromatic N) is 2. The lowest BCUT2D eigenvalue weighted by Gasteiger charge is -2.15. The van der Waals surface area contributed by atoms with Crippen LogP contribution in [0.1, 0.15) is 12.5 Å². The maximum atomic E-state index is 12.5. The number of hydrogen-bond donors (Lipinski definition) is 2. The van der Waals surface area contributed by atoms with Crippen LogP contribution >= 0.6 is 11.6 Å². The number of nitrogens with one attached hydrogen (secondary N) is 1. The molecule has 10 heteroatoms. The monoisotopic (exact) mass is 417 g/mol. The van der Waals surface area contributed by atoms with E-state index in [1.807, 2.05) is 0 Å². The van der Waals surface area contributed by atoms with Gasteiger partial charge < -0.3 is 19.6 Å². The van der Waals surface area contributed by atoms with Crippen molar-refractivity contribution in [2.24, 2.45) is 5.10 Å². The molecule has 0 aliphatic rings. The number of aromatic nitrogens is 2. The highest BCUT2D eigenvalue weighted by atomic mass is 35.5. The van der Waals surface area contributed by atoms with Gasteiger partial charge in [0.15, 0.2) is 17.6 Å². The fourth-order valence-corrected chi connectivity index (χ4v) is 2.80. The van der Waals surface area contributed by atoms with E-state index in [9.17, 15) is 14.4 Å². The van der Waals surface area contributed by atoms with Crippen LogP contribution in [-0.4, -0.2) is 40.2 Å². The minimum Gasteiger partial charge on any atom is -0.493 e. The summed E-state index contributed by atoms with van der Waals surface area (Å²) in [5, 5.41) is 13.3. The Hall–Kier alpha value is -3.59. The third-order valence-corrected chi connectivity index (χ3v) is 4.28. The quantitative estimate of drug-likeness (QED) is 0.592. The topological polar surface area (TPSA) is 123 Å². The number of rotatable bonds is 6. The highest BCUT2D eigenvalue weighted by Crippen LogP contribution is 2.36. The Bertz CT molecular complexity index is 1230. The van der Waals surface area contributed by atoms with Crippen LogP contribution in [0.25, 0.3) is 10.9 Å². The number of methoxy groups -OCH3 is 1. The molecule has 0 aliphatic heterocycles. The lowest BCUT2D eigenvalue weighted by Crippen LogP contribution is -2.32. The number of benzene rings is 2. The number of hydrogen-bond acceptors (Lipinski definition) is 6. The van der Waals surface area contributed by atoms with Crippen molar-refractivity contribution < 1.29 is 19.4 Å². The van der Waals surface area contributed by atoms with Gasteiger partial charge in [-0.1, -0.05) is 23.7 Å². The average molecular weight is 418 g/mol. The highest BCUT2D eigenvalue weighted by Gasteiger charge is 2.19. The molecular formula is C19H16ClN3O6. The largest absolute Gasteiger partial charge is 0.493 e. The van der Waals surface area contributed by atoms with Crippen molar-refractivity contribution in [3.8, 4) is 11.5 Å². The summed E-state index contributed by atoms with van der Waals surface area (Å²) < 4.78 is 11.2. The zero-order valence-corrected chi connectivity index (χ0v) is 16.1. The lowest BCUT2D eigenvalue weighted by molar-refractivity contribution is -0.144. The Balaban J connectivity index is 2.01. The van der Waals surface area contributed by atoms with Gasteiger partial charge in [0.05, 0.1) is 29.2 Å². The van der Waals surface area contributed by atoms with Crippen LogP contribution < -0.4 is 20.7 Å². The first-order chi connectivity index (χ1) is 13.8. The van der Waals surface area contributed by atoms with Crippen molar-refractivity contribution in [3.05, 3.63) is 67.8 Å². The Kier molecular flexibility index (Phi) is 5.69.